The number of hydrogen-bond acceptors (Lipinski definition) is 4. The zero-order valence-electron chi connectivity index (χ0n) is 15.8. The number of aromatic nitrogens is 2. The van der Waals surface area contributed by atoms with Crippen LogP contribution in [-0.4, -0.2) is 52.0 Å². The predicted octanol–water partition coefficient (Wildman–Crippen LogP) is 0.946. The normalized spacial score (nSPS) is 16.6. The summed E-state index contributed by atoms with van der Waals surface area (Å²) in [6.45, 7) is 2.30. The molecular weight excluding hydrogens is 358 g/mol. The maximum absolute atomic E-state index is 12.9. The van der Waals surface area contributed by atoms with E-state index in [0.29, 0.717) is 48.8 Å². The van der Waals surface area contributed by atoms with Crippen molar-refractivity contribution in [3.05, 3.63) is 52.8 Å². The molecule has 2 aromatic rings. The molecule has 8 heteroatoms. The summed E-state index contributed by atoms with van der Waals surface area (Å²) in [4.78, 5) is 38.7. The molecule has 1 aromatic heterocycles. The first-order valence-corrected chi connectivity index (χ1v) is 9.49. The summed E-state index contributed by atoms with van der Waals surface area (Å²) in [5.41, 5.74) is 2.55. The molecule has 1 aromatic carbocycles. The highest BCUT2D eigenvalue weighted by atomic mass is 16.2. The van der Waals surface area contributed by atoms with Crippen molar-refractivity contribution in [2.75, 3.05) is 19.6 Å². The van der Waals surface area contributed by atoms with E-state index < -0.39 is 0 Å². The summed E-state index contributed by atoms with van der Waals surface area (Å²) in [6.07, 6.45) is 4.92. The molecular formula is C20H23N5O3. The molecule has 8 nitrogen and oxygen atoms in total. The fraction of sp³-hybridized carbons (Fsp3) is 0.400. The van der Waals surface area contributed by atoms with Crippen molar-refractivity contribution in [3.63, 3.8) is 0 Å². The van der Waals surface area contributed by atoms with E-state index in [1.165, 1.54) is 0 Å². The number of rotatable bonds is 4. The van der Waals surface area contributed by atoms with Gasteiger partial charge in [-0.15, -0.1) is 0 Å². The van der Waals surface area contributed by atoms with Gasteiger partial charge in [-0.25, -0.2) is 0 Å². The molecule has 3 amide bonds. The van der Waals surface area contributed by atoms with Gasteiger partial charge in [0.15, 0.2) is 0 Å². The van der Waals surface area contributed by atoms with Crippen molar-refractivity contribution < 1.29 is 14.4 Å². The molecule has 0 radical (unpaired) electrons. The Kier molecular flexibility index (Phi) is 4.85. The third-order valence-corrected chi connectivity index (χ3v) is 5.50. The van der Waals surface area contributed by atoms with Gasteiger partial charge in [0.2, 0.25) is 0 Å². The number of carbonyl (C=O) groups excluding carboxylic acids is 3. The lowest BCUT2D eigenvalue weighted by Crippen LogP contribution is -2.41. The van der Waals surface area contributed by atoms with Crippen molar-refractivity contribution in [2.45, 2.75) is 19.4 Å². The van der Waals surface area contributed by atoms with E-state index >= 15 is 0 Å². The molecule has 1 saturated heterocycles. The Morgan fingerprint density at radius 3 is 2.79 bits per heavy atom. The van der Waals surface area contributed by atoms with E-state index in [-0.39, 0.29) is 17.7 Å². The number of nitrogens with zero attached hydrogens (tertiary/aromatic N) is 3. The molecule has 0 unspecified atom stereocenters. The number of nitrogens with one attached hydrogen (secondary N) is 2. The minimum atomic E-state index is -0.122. The van der Waals surface area contributed by atoms with E-state index in [4.69, 9.17) is 0 Å². The molecule has 0 saturated carbocycles. The summed E-state index contributed by atoms with van der Waals surface area (Å²) in [7, 11) is 1.78. The monoisotopic (exact) mass is 381 g/mol. The first kappa shape index (κ1) is 18.2. The quantitative estimate of drug-likeness (QED) is 0.824. The average Bonchev–Trinajstić information content (AvgIpc) is 3.32. The van der Waals surface area contributed by atoms with E-state index in [1.807, 2.05) is 4.90 Å². The SMILES string of the molecule is Cn1cc(C(=O)NCC2CCN(C(=O)c3cccc4c3CNC4=O)CC2)cn1. The molecule has 2 aliphatic rings. The zero-order valence-corrected chi connectivity index (χ0v) is 15.8. The first-order chi connectivity index (χ1) is 13.5. The lowest BCUT2D eigenvalue weighted by Gasteiger charge is -2.32. The summed E-state index contributed by atoms with van der Waals surface area (Å²) in [5.74, 6) is 0.0805. The Balaban J connectivity index is 1.31. The summed E-state index contributed by atoms with van der Waals surface area (Å²) < 4.78 is 1.60. The predicted molar refractivity (Wildman–Crippen MR) is 102 cm³/mol. The topological polar surface area (TPSA) is 96.3 Å². The van der Waals surface area contributed by atoms with Crippen LogP contribution in [0.3, 0.4) is 0 Å². The molecule has 0 spiro atoms. The molecule has 28 heavy (non-hydrogen) atoms. The fourth-order valence-corrected chi connectivity index (χ4v) is 3.84. The summed E-state index contributed by atoms with van der Waals surface area (Å²) in [6, 6.07) is 5.31. The minimum absolute atomic E-state index is 0.0220. The number of amides is 3. The van der Waals surface area contributed by atoms with Gasteiger partial charge in [0.25, 0.3) is 17.7 Å². The van der Waals surface area contributed by atoms with Gasteiger partial charge in [0, 0.05) is 50.6 Å². The van der Waals surface area contributed by atoms with Crippen LogP contribution in [0.25, 0.3) is 0 Å². The van der Waals surface area contributed by atoms with Gasteiger partial charge in [0.1, 0.15) is 0 Å². The third-order valence-electron chi connectivity index (χ3n) is 5.50. The van der Waals surface area contributed by atoms with Crippen LogP contribution in [0, 0.1) is 5.92 Å². The Bertz CT molecular complexity index is 928. The minimum Gasteiger partial charge on any atom is -0.352 e. The Labute approximate surface area is 162 Å². The number of carbonyl (C=O) groups is 3. The molecule has 0 bridgehead atoms. The second-order valence-corrected chi connectivity index (χ2v) is 7.36. The van der Waals surface area contributed by atoms with Crippen molar-refractivity contribution in [3.8, 4) is 0 Å². The van der Waals surface area contributed by atoms with E-state index in [0.717, 1.165) is 18.4 Å². The third kappa shape index (κ3) is 3.49. The molecule has 1 fully saturated rings. The standard InChI is InChI=1S/C20H23N5O3/c1-24-12-14(10-23-24)18(26)21-9-13-5-7-25(8-6-13)20(28)16-4-2-3-15-17(16)11-22-19(15)27/h2-4,10,12-13H,5-9,11H2,1H3,(H,21,26)(H,22,27). The smallest absolute Gasteiger partial charge is 0.254 e. The number of likely N-dealkylation sites (tertiary alicyclic amines) is 1. The van der Waals surface area contributed by atoms with Crippen LogP contribution in [0.2, 0.25) is 0 Å². The fourth-order valence-electron chi connectivity index (χ4n) is 3.84. The van der Waals surface area contributed by atoms with Crippen molar-refractivity contribution in [1.82, 2.24) is 25.3 Å². The largest absolute Gasteiger partial charge is 0.352 e. The Morgan fingerprint density at radius 1 is 1.29 bits per heavy atom. The lowest BCUT2D eigenvalue weighted by atomic mass is 9.95. The van der Waals surface area contributed by atoms with Gasteiger partial charge in [-0.2, -0.15) is 5.10 Å². The van der Waals surface area contributed by atoms with Crippen LogP contribution in [-0.2, 0) is 13.6 Å². The van der Waals surface area contributed by atoms with E-state index in [9.17, 15) is 14.4 Å². The van der Waals surface area contributed by atoms with Gasteiger partial charge in [0.05, 0.1) is 11.8 Å². The van der Waals surface area contributed by atoms with Crippen LogP contribution in [0.1, 0.15) is 49.5 Å². The number of benzene rings is 1. The van der Waals surface area contributed by atoms with Crippen LogP contribution < -0.4 is 10.6 Å². The highest BCUT2D eigenvalue weighted by Gasteiger charge is 2.29. The molecule has 2 N–H and O–H groups in total. The highest BCUT2D eigenvalue weighted by molar-refractivity contribution is 6.04. The van der Waals surface area contributed by atoms with Crippen molar-refractivity contribution in [2.24, 2.45) is 13.0 Å². The summed E-state index contributed by atoms with van der Waals surface area (Å²) in [5, 5.41) is 9.74. The van der Waals surface area contributed by atoms with Crippen LogP contribution in [0.5, 0.6) is 0 Å². The van der Waals surface area contributed by atoms with Crippen molar-refractivity contribution >= 4 is 17.7 Å². The number of fused-ring (bicyclic) bond motifs is 1. The van der Waals surface area contributed by atoms with Gasteiger partial charge >= 0.3 is 0 Å². The van der Waals surface area contributed by atoms with Gasteiger partial charge in [-0.3, -0.25) is 19.1 Å². The molecule has 3 heterocycles. The highest BCUT2D eigenvalue weighted by Crippen LogP contribution is 2.24. The van der Waals surface area contributed by atoms with Crippen LogP contribution in [0.15, 0.2) is 30.6 Å². The molecule has 0 aliphatic carbocycles. The van der Waals surface area contributed by atoms with Crippen LogP contribution in [0.4, 0.5) is 0 Å². The second-order valence-electron chi connectivity index (χ2n) is 7.36. The zero-order chi connectivity index (χ0) is 19.7. The van der Waals surface area contributed by atoms with Crippen LogP contribution >= 0.6 is 0 Å². The molecule has 4 rings (SSSR count). The summed E-state index contributed by atoms with van der Waals surface area (Å²) >= 11 is 0. The Hall–Kier alpha value is -3.16. The lowest BCUT2D eigenvalue weighted by molar-refractivity contribution is 0.0683. The molecule has 0 atom stereocenters. The van der Waals surface area contributed by atoms with E-state index in [2.05, 4.69) is 15.7 Å². The second kappa shape index (κ2) is 7.46. The maximum Gasteiger partial charge on any atom is 0.254 e. The van der Waals surface area contributed by atoms with Gasteiger partial charge in [-0.1, -0.05) is 6.07 Å². The molecule has 2 aliphatic heterocycles. The molecule has 146 valence electrons. The average molecular weight is 381 g/mol. The number of aryl methyl sites for hydroxylation is 1. The van der Waals surface area contributed by atoms with Crippen molar-refractivity contribution in [1.29, 1.82) is 0 Å². The maximum atomic E-state index is 12.9. The number of hydrogen-bond donors (Lipinski definition) is 2. The number of piperidine rings is 1. The Morgan fingerprint density at radius 2 is 2.07 bits per heavy atom. The van der Waals surface area contributed by atoms with E-state index in [1.54, 1.807) is 42.3 Å². The van der Waals surface area contributed by atoms with Gasteiger partial charge in [-0.05, 0) is 36.5 Å². The first-order valence-electron chi connectivity index (χ1n) is 9.49. The van der Waals surface area contributed by atoms with Gasteiger partial charge < -0.3 is 15.5 Å².